The van der Waals surface area contributed by atoms with Gasteiger partial charge in [0.25, 0.3) is 0 Å². The van der Waals surface area contributed by atoms with E-state index in [1.807, 2.05) is 13.8 Å². The van der Waals surface area contributed by atoms with Gasteiger partial charge >= 0.3 is 0 Å². The molecule has 0 aliphatic rings. The highest BCUT2D eigenvalue weighted by Crippen LogP contribution is 2.21. The second kappa shape index (κ2) is 4.84. The summed E-state index contributed by atoms with van der Waals surface area (Å²) < 4.78 is 0. The molecule has 15 heavy (non-hydrogen) atoms. The molecule has 3 N–H and O–H groups in total. The fourth-order valence-corrected chi connectivity index (χ4v) is 1.04. The Balaban J connectivity index is 2.71. The van der Waals surface area contributed by atoms with E-state index in [0.29, 0.717) is 18.7 Å². The molecule has 0 spiro atoms. The smallest absolute Gasteiger partial charge is 0.231 e. The van der Waals surface area contributed by atoms with Gasteiger partial charge in [0, 0.05) is 6.54 Å². The molecule has 5 nitrogen and oxygen atoms in total. The number of aromatic nitrogens is 2. The SMILES string of the molecule is CCC(C)(CN)C(=O)Nc1cncnc1. The van der Waals surface area contributed by atoms with Crippen molar-refractivity contribution in [2.24, 2.45) is 11.1 Å². The van der Waals surface area contributed by atoms with E-state index in [2.05, 4.69) is 15.3 Å². The van der Waals surface area contributed by atoms with Crippen LogP contribution in [0.15, 0.2) is 18.7 Å². The first-order valence-electron chi connectivity index (χ1n) is 4.89. The molecule has 1 atom stereocenters. The van der Waals surface area contributed by atoms with Gasteiger partial charge in [-0.15, -0.1) is 0 Å². The molecule has 0 fully saturated rings. The number of amides is 1. The van der Waals surface area contributed by atoms with E-state index < -0.39 is 5.41 Å². The lowest BCUT2D eigenvalue weighted by Crippen LogP contribution is -2.39. The van der Waals surface area contributed by atoms with Crippen LogP contribution in [0.25, 0.3) is 0 Å². The molecule has 0 saturated carbocycles. The summed E-state index contributed by atoms with van der Waals surface area (Å²) in [4.78, 5) is 19.5. The molecule has 5 heteroatoms. The maximum absolute atomic E-state index is 11.8. The highest BCUT2D eigenvalue weighted by molar-refractivity contribution is 5.94. The minimum absolute atomic E-state index is 0.0951. The lowest BCUT2D eigenvalue weighted by Gasteiger charge is -2.24. The summed E-state index contributed by atoms with van der Waals surface area (Å²) in [6.07, 6.45) is 5.22. The number of anilines is 1. The standard InChI is InChI=1S/C10H16N4O/c1-3-10(2,6-11)9(15)14-8-4-12-7-13-5-8/h4-5,7H,3,6,11H2,1-2H3,(H,14,15). The van der Waals surface area contributed by atoms with Crippen LogP contribution in [0.3, 0.4) is 0 Å². The normalized spacial score (nSPS) is 14.3. The van der Waals surface area contributed by atoms with Crippen LogP contribution in [0.1, 0.15) is 20.3 Å². The Morgan fingerprint density at radius 1 is 1.53 bits per heavy atom. The molecule has 1 unspecified atom stereocenters. The third-order valence-corrected chi connectivity index (χ3v) is 2.60. The van der Waals surface area contributed by atoms with Crippen molar-refractivity contribution in [1.82, 2.24) is 9.97 Å². The Bertz CT molecular complexity index is 321. The molecule has 1 heterocycles. The number of carbonyl (C=O) groups is 1. The van der Waals surface area contributed by atoms with E-state index >= 15 is 0 Å². The van der Waals surface area contributed by atoms with Gasteiger partial charge in [0.05, 0.1) is 23.5 Å². The van der Waals surface area contributed by atoms with E-state index in [4.69, 9.17) is 5.73 Å². The fourth-order valence-electron chi connectivity index (χ4n) is 1.04. The maximum Gasteiger partial charge on any atom is 0.231 e. The molecule has 0 aliphatic carbocycles. The molecule has 0 bridgehead atoms. The molecule has 1 amide bonds. The van der Waals surface area contributed by atoms with Crippen LogP contribution in [0.4, 0.5) is 5.69 Å². The minimum atomic E-state index is -0.532. The van der Waals surface area contributed by atoms with E-state index in [1.54, 1.807) is 12.4 Å². The third-order valence-electron chi connectivity index (χ3n) is 2.60. The van der Waals surface area contributed by atoms with E-state index in [1.165, 1.54) is 6.33 Å². The zero-order valence-electron chi connectivity index (χ0n) is 9.03. The van der Waals surface area contributed by atoms with Crippen LogP contribution in [-0.4, -0.2) is 22.4 Å². The van der Waals surface area contributed by atoms with Crippen LogP contribution in [-0.2, 0) is 4.79 Å². The van der Waals surface area contributed by atoms with Gasteiger partial charge in [-0.2, -0.15) is 0 Å². The summed E-state index contributed by atoms with van der Waals surface area (Å²) in [6.45, 7) is 4.10. The van der Waals surface area contributed by atoms with Crippen molar-refractivity contribution in [3.8, 4) is 0 Å². The van der Waals surface area contributed by atoms with Crippen LogP contribution in [0.5, 0.6) is 0 Å². The van der Waals surface area contributed by atoms with Crippen LogP contribution >= 0.6 is 0 Å². The zero-order valence-corrected chi connectivity index (χ0v) is 9.03. The van der Waals surface area contributed by atoms with Gasteiger partial charge in [-0.05, 0) is 13.3 Å². The highest BCUT2D eigenvalue weighted by Gasteiger charge is 2.29. The van der Waals surface area contributed by atoms with Crippen LogP contribution < -0.4 is 11.1 Å². The summed E-state index contributed by atoms with van der Waals surface area (Å²) in [5.74, 6) is -0.0951. The van der Waals surface area contributed by atoms with Crippen molar-refractivity contribution in [3.05, 3.63) is 18.7 Å². The molecule has 0 saturated heterocycles. The largest absolute Gasteiger partial charge is 0.329 e. The Morgan fingerprint density at radius 2 is 2.13 bits per heavy atom. The predicted molar refractivity (Wildman–Crippen MR) is 58.1 cm³/mol. The Labute approximate surface area is 89.1 Å². The monoisotopic (exact) mass is 208 g/mol. The van der Waals surface area contributed by atoms with Crippen LogP contribution in [0.2, 0.25) is 0 Å². The molecule has 82 valence electrons. The van der Waals surface area contributed by atoms with Crippen molar-refractivity contribution in [3.63, 3.8) is 0 Å². The molecule has 0 radical (unpaired) electrons. The van der Waals surface area contributed by atoms with E-state index in [-0.39, 0.29) is 5.91 Å². The molecule has 1 aromatic heterocycles. The fraction of sp³-hybridized carbons (Fsp3) is 0.500. The number of hydrogen-bond donors (Lipinski definition) is 2. The Kier molecular flexibility index (Phi) is 3.74. The second-order valence-corrected chi connectivity index (χ2v) is 3.70. The van der Waals surface area contributed by atoms with E-state index in [9.17, 15) is 4.79 Å². The van der Waals surface area contributed by atoms with Crippen molar-refractivity contribution in [2.75, 3.05) is 11.9 Å². The van der Waals surface area contributed by atoms with Gasteiger partial charge in [0.2, 0.25) is 5.91 Å². The lowest BCUT2D eigenvalue weighted by molar-refractivity contribution is -0.124. The number of nitrogens with zero attached hydrogens (tertiary/aromatic N) is 2. The van der Waals surface area contributed by atoms with Crippen molar-refractivity contribution in [1.29, 1.82) is 0 Å². The predicted octanol–water partition coefficient (Wildman–Crippen LogP) is 0.790. The average molecular weight is 208 g/mol. The van der Waals surface area contributed by atoms with Gasteiger partial charge in [-0.1, -0.05) is 6.92 Å². The van der Waals surface area contributed by atoms with Gasteiger partial charge in [0.15, 0.2) is 0 Å². The van der Waals surface area contributed by atoms with Gasteiger partial charge < -0.3 is 11.1 Å². The summed E-state index contributed by atoms with van der Waals surface area (Å²) >= 11 is 0. The molecule has 1 aromatic rings. The van der Waals surface area contributed by atoms with Gasteiger partial charge in [-0.25, -0.2) is 9.97 Å². The number of rotatable bonds is 4. The minimum Gasteiger partial charge on any atom is -0.329 e. The average Bonchev–Trinajstić information content (AvgIpc) is 2.29. The Hall–Kier alpha value is -1.49. The number of hydrogen-bond acceptors (Lipinski definition) is 4. The quantitative estimate of drug-likeness (QED) is 0.766. The Morgan fingerprint density at radius 3 is 2.60 bits per heavy atom. The maximum atomic E-state index is 11.8. The van der Waals surface area contributed by atoms with Crippen LogP contribution in [0, 0.1) is 5.41 Å². The summed E-state index contributed by atoms with van der Waals surface area (Å²) in [6, 6.07) is 0. The van der Waals surface area contributed by atoms with Gasteiger partial charge in [-0.3, -0.25) is 4.79 Å². The van der Waals surface area contributed by atoms with Crippen molar-refractivity contribution < 1.29 is 4.79 Å². The number of carbonyl (C=O) groups excluding carboxylic acids is 1. The van der Waals surface area contributed by atoms with Crippen molar-refractivity contribution >= 4 is 11.6 Å². The lowest BCUT2D eigenvalue weighted by atomic mass is 9.86. The second-order valence-electron chi connectivity index (χ2n) is 3.70. The number of nitrogens with one attached hydrogen (secondary N) is 1. The third kappa shape index (κ3) is 2.73. The number of nitrogens with two attached hydrogens (primary N) is 1. The molecule has 0 aliphatic heterocycles. The van der Waals surface area contributed by atoms with E-state index in [0.717, 1.165) is 0 Å². The summed E-state index contributed by atoms with van der Waals surface area (Å²) in [5, 5.41) is 2.74. The molecular formula is C10H16N4O. The molecule has 0 aromatic carbocycles. The summed E-state index contributed by atoms with van der Waals surface area (Å²) in [7, 11) is 0. The zero-order chi connectivity index (χ0) is 11.3. The molecular weight excluding hydrogens is 192 g/mol. The van der Waals surface area contributed by atoms with Gasteiger partial charge in [0.1, 0.15) is 6.33 Å². The van der Waals surface area contributed by atoms with Crippen molar-refractivity contribution in [2.45, 2.75) is 20.3 Å². The summed E-state index contributed by atoms with van der Waals surface area (Å²) in [5.41, 5.74) is 5.64. The molecule has 1 rings (SSSR count). The topological polar surface area (TPSA) is 80.9 Å². The first-order valence-corrected chi connectivity index (χ1v) is 4.89. The highest BCUT2D eigenvalue weighted by atomic mass is 16.2. The first kappa shape index (κ1) is 11.6. The first-order chi connectivity index (χ1) is 7.12.